The number of rotatable bonds is 6. The molecule has 5 rings (SSSR count). The SMILES string of the molecule is CC(C)C[C@H](NC(=O)C1(NC(=O)O)CC1)B1O[C@@H]2C[C@@H]3C[C@@H](C3(C)C)[C@]2(C)O1. The third kappa shape index (κ3) is 3.03. The van der Waals surface area contributed by atoms with E-state index >= 15 is 0 Å². The van der Waals surface area contributed by atoms with Crippen LogP contribution in [0.25, 0.3) is 0 Å². The molecule has 0 aromatic carbocycles. The molecule has 5 fully saturated rings. The Morgan fingerprint density at radius 1 is 1.21 bits per heavy atom. The van der Waals surface area contributed by atoms with Crippen molar-refractivity contribution in [3.05, 3.63) is 0 Å². The molecule has 7 nitrogen and oxygen atoms in total. The van der Waals surface area contributed by atoms with Crippen LogP contribution in [0.2, 0.25) is 0 Å². The van der Waals surface area contributed by atoms with Crippen molar-refractivity contribution in [3.8, 4) is 0 Å². The fourth-order valence-electron chi connectivity index (χ4n) is 5.86. The molecule has 2 amide bonds. The molecular weight excluding hydrogens is 359 g/mol. The molecule has 1 aliphatic heterocycles. The largest absolute Gasteiger partial charge is 0.481 e. The molecule has 0 unspecified atom stereocenters. The third-order valence-electron chi connectivity index (χ3n) is 7.87. The van der Waals surface area contributed by atoms with Crippen molar-refractivity contribution < 1.29 is 24.0 Å². The number of carbonyl (C=O) groups is 2. The topological polar surface area (TPSA) is 96.9 Å². The van der Waals surface area contributed by atoms with Crippen molar-refractivity contribution in [2.45, 2.75) is 89.9 Å². The molecule has 156 valence electrons. The maximum absolute atomic E-state index is 12.8. The summed E-state index contributed by atoms with van der Waals surface area (Å²) in [4.78, 5) is 23.9. The molecule has 0 radical (unpaired) electrons. The van der Waals surface area contributed by atoms with E-state index in [2.05, 4.69) is 45.3 Å². The van der Waals surface area contributed by atoms with Crippen LogP contribution in [-0.4, -0.2) is 47.4 Å². The molecule has 0 aromatic rings. The first-order valence-corrected chi connectivity index (χ1v) is 10.6. The van der Waals surface area contributed by atoms with Crippen LogP contribution < -0.4 is 10.6 Å². The number of hydrogen-bond acceptors (Lipinski definition) is 4. The van der Waals surface area contributed by atoms with Gasteiger partial charge in [-0.15, -0.1) is 0 Å². The zero-order valence-corrected chi connectivity index (χ0v) is 17.6. The van der Waals surface area contributed by atoms with E-state index in [1.807, 2.05) is 0 Å². The van der Waals surface area contributed by atoms with Gasteiger partial charge in [0.2, 0.25) is 5.91 Å². The van der Waals surface area contributed by atoms with Crippen molar-refractivity contribution >= 4 is 19.1 Å². The minimum atomic E-state index is -1.16. The zero-order chi connectivity index (χ0) is 20.5. The number of amides is 2. The Morgan fingerprint density at radius 3 is 2.43 bits per heavy atom. The van der Waals surface area contributed by atoms with Gasteiger partial charge in [-0.05, 0) is 62.2 Å². The highest BCUT2D eigenvalue weighted by atomic mass is 16.7. The Kier molecular flexibility index (Phi) is 4.55. The van der Waals surface area contributed by atoms with Crippen molar-refractivity contribution in [1.82, 2.24) is 10.6 Å². The minimum Gasteiger partial charge on any atom is -0.465 e. The van der Waals surface area contributed by atoms with Gasteiger partial charge in [0.1, 0.15) is 5.54 Å². The predicted molar refractivity (Wildman–Crippen MR) is 105 cm³/mol. The normalized spacial score (nSPS) is 37.6. The predicted octanol–water partition coefficient (Wildman–Crippen LogP) is 2.58. The second kappa shape index (κ2) is 6.36. The molecule has 8 heteroatoms. The summed E-state index contributed by atoms with van der Waals surface area (Å²) in [5.41, 5.74) is -1.04. The van der Waals surface area contributed by atoms with E-state index in [0.29, 0.717) is 30.6 Å². The Labute approximate surface area is 167 Å². The van der Waals surface area contributed by atoms with E-state index in [1.54, 1.807) is 0 Å². The first-order chi connectivity index (χ1) is 13.0. The summed E-state index contributed by atoms with van der Waals surface area (Å²) in [5, 5.41) is 14.5. The van der Waals surface area contributed by atoms with E-state index in [1.165, 1.54) is 6.42 Å². The lowest BCUT2D eigenvalue weighted by molar-refractivity contribution is -0.199. The van der Waals surface area contributed by atoms with Crippen LogP contribution in [-0.2, 0) is 14.1 Å². The molecule has 1 saturated heterocycles. The van der Waals surface area contributed by atoms with E-state index < -0.39 is 18.8 Å². The standard InChI is InChI=1S/C20H33BN2O5/c1-11(2)8-15(22-16(24)20(6-7-20)23-17(25)26)21-27-14-10-12-9-13(18(12,3)4)19(14,5)28-21/h11-15,23H,6-10H2,1-5H3,(H,22,24)(H,25,26)/t12-,13-,14+,15-,19-/m0/s1. The molecule has 0 spiro atoms. The van der Waals surface area contributed by atoms with Gasteiger partial charge in [-0.3, -0.25) is 4.79 Å². The van der Waals surface area contributed by atoms with E-state index in [4.69, 9.17) is 14.4 Å². The van der Waals surface area contributed by atoms with Crippen LogP contribution in [0.1, 0.15) is 66.7 Å². The summed E-state index contributed by atoms with van der Waals surface area (Å²) in [6.45, 7) is 11.0. The first-order valence-electron chi connectivity index (χ1n) is 10.6. The van der Waals surface area contributed by atoms with Gasteiger partial charge >= 0.3 is 13.2 Å². The third-order valence-corrected chi connectivity index (χ3v) is 7.87. The Hall–Kier alpha value is -1.28. The molecular formula is C20H33BN2O5. The lowest BCUT2D eigenvalue weighted by atomic mass is 9.43. The smallest absolute Gasteiger partial charge is 0.465 e. The average Bonchev–Trinajstić information content (AvgIpc) is 3.25. The van der Waals surface area contributed by atoms with Crippen molar-refractivity contribution in [2.75, 3.05) is 0 Å². The fraction of sp³-hybridized carbons (Fsp3) is 0.900. The number of carboxylic acid groups (broad SMARTS) is 1. The van der Waals surface area contributed by atoms with Gasteiger partial charge in [0.25, 0.3) is 0 Å². The number of hydrogen-bond donors (Lipinski definition) is 3. The van der Waals surface area contributed by atoms with Crippen LogP contribution in [0.4, 0.5) is 4.79 Å². The van der Waals surface area contributed by atoms with Crippen molar-refractivity contribution in [3.63, 3.8) is 0 Å². The summed E-state index contributed by atoms with van der Waals surface area (Å²) in [6, 6.07) is 0. The molecule has 4 aliphatic carbocycles. The Balaban J connectivity index is 1.48. The molecule has 5 aliphatic rings. The second-order valence-corrected chi connectivity index (χ2v) is 10.6. The fourth-order valence-corrected chi connectivity index (χ4v) is 5.86. The van der Waals surface area contributed by atoms with E-state index in [0.717, 1.165) is 12.8 Å². The highest BCUT2D eigenvalue weighted by Gasteiger charge is 2.68. The number of nitrogens with one attached hydrogen (secondary N) is 2. The highest BCUT2D eigenvalue weighted by molar-refractivity contribution is 6.48. The Bertz CT molecular complexity index is 680. The van der Waals surface area contributed by atoms with Crippen molar-refractivity contribution in [1.29, 1.82) is 0 Å². The van der Waals surface area contributed by atoms with Crippen LogP contribution >= 0.6 is 0 Å². The lowest BCUT2D eigenvalue weighted by Gasteiger charge is -2.64. The van der Waals surface area contributed by atoms with Gasteiger partial charge in [-0.1, -0.05) is 27.7 Å². The lowest BCUT2D eigenvalue weighted by Crippen LogP contribution is -2.65. The Morgan fingerprint density at radius 2 is 1.89 bits per heavy atom. The van der Waals surface area contributed by atoms with Gasteiger partial charge in [0, 0.05) is 0 Å². The van der Waals surface area contributed by atoms with Gasteiger partial charge in [0.15, 0.2) is 0 Å². The monoisotopic (exact) mass is 392 g/mol. The van der Waals surface area contributed by atoms with Gasteiger partial charge in [-0.25, -0.2) is 4.79 Å². The maximum Gasteiger partial charge on any atom is 0.481 e. The summed E-state index contributed by atoms with van der Waals surface area (Å²) in [6.07, 6.45) is 2.87. The minimum absolute atomic E-state index is 0.0628. The summed E-state index contributed by atoms with van der Waals surface area (Å²) in [7, 11) is -0.489. The quantitative estimate of drug-likeness (QED) is 0.604. The summed E-state index contributed by atoms with van der Waals surface area (Å²) >= 11 is 0. The first kappa shape index (κ1) is 20.0. The van der Waals surface area contributed by atoms with Gasteiger partial charge < -0.3 is 25.0 Å². The van der Waals surface area contributed by atoms with Gasteiger partial charge in [-0.2, -0.15) is 0 Å². The van der Waals surface area contributed by atoms with Crippen molar-refractivity contribution in [2.24, 2.45) is 23.2 Å². The highest BCUT2D eigenvalue weighted by Crippen LogP contribution is 2.65. The average molecular weight is 392 g/mol. The van der Waals surface area contributed by atoms with Crippen LogP contribution in [0.5, 0.6) is 0 Å². The van der Waals surface area contributed by atoms with E-state index in [-0.39, 0.29) is 29.0 Å². The number of carbonyl (C=O) groups excluding carboxylic acids is 1. The summed E-state index contributed by atoms with van der Waals surface area (Å²) in [5.74, 6) is 0.930. The molecule has 2 bridgehead atoms. The molecule has 3 N–H and O–H groups in total. The molecule has 28 heavy (non-hydrogen) atoms. The molecule has 5 atom stereocenters. The molecule has 1 heterocycles. The molecule has 0 aromatic heterocycles. The van der Waals surface area contributed by atoms with Crippen LogP contribution in [0.3, 0.4) is 0 Å². The second-order valence-electron chi connectivity index (χ2n) is 10.6. The van der Waals surface area contributed by atoms with Crippen LogP contribution in [0, 0.1) is 23.2 Å². The molecule has 4 saturated carbocycles. The zero-order valence-electron chi connectivity index (χ0n) is 17.6. The van der Waals surface area contributed by atoms with E-state index in [9.17, 15) is 9.59 Å². The summed E-state index contributed by atoms with van der Waals surface area (Å²) < 4.78 is 12.9. The van der Waals surface area contributed by atoms with Crippen LogP contribution in [0.15, 0.2) is 0 Å². The van der Waals surface area contributed by atoms with Gasteiger partial charge in [0.05, 0.1) is 17.6 Å². The maximum atomic E-state index is 12.8.